The average molecular weight is 213 g/mol. The first-order chi connectivity index (χ1) is 6.74. The Bertz CT molecular complexity index is 495. The van der Waals surface area contributed by atoms with Gasteiger partial charge < -0.3 is 9.36 Å². The van der Waals surface area contributed by atoms with E-state index in [1.807, 2.05) is 0 Å². The number of rotatable bonds is 2. The first-order valence-electron chi connectivity index (χ1n) is 3.96. The van der Waals surface area contributed by atoms with Gasteiger partial charge in [0.2, 0.25) is 0 Å². The maximum atomic E-state index is 13.1. The molecule has 0 amide bonds. The van der Waals surface area contributed by atoms with Crippen molar-refractivity contribution < 1.29 is 9.18 Å². The Morgan fingerprint density at radius 1 is 1.57 bits per heavy atom. The molecule has 1 aromatic carbocycles. The zero-order valence-corrected chi connectivity index (χ0v) is 7.83. The highest BCUT2D eigenvalue weighted by Crippen LogP contribution is 2.25. The highest BCUT2D eigenvalue weighted by atomic mass is 35.5. The van der Waals surface area contributed by atoms with E-state index in [4.69, 9.17) is 11.6 Å². The number of halogens is 2. The molecule has 0 radical (unpaired) electrons. The van der Waals surface area contributed by atoms with Crippen molar-refractivity contribution in [1.82, 2.24) is 9.55 Å². The van der Waals surface area contributed by atoms with Gasteiger partial charge in [0.15, 0.2) is 0 Å². The standard InChI is InChI=1S/C9H6ClFN2O/c10-8-6(11)1-2-7-9(8)13(3-4-14)5-12-7/h1-2,4-5H,3H2. The van der Waals surface area contributed by atoms with E-state index in [1.54, 1.807) is 0 Å². The fraction of sp³-hybridized carbons (Fsp3) is 0.111. The Morgan fingerprint density at radius 3 is 3.07 bits per heavy atom. The lowest BCUT2D eigenvalue weighted by Gasteiger charge is -2.00. The molecule has 72 valence electrons. The van der Waals surface area contributed by atoms with Gasteiger partial charge >= 0.3 is 0 Å². The lowest BCUT2D eigenvalue weighted by atomic mass is 10.3. The van der Waals surface area contributed by atoms with Gasteiger partial charge in [0, 0.05) is 0 Å². The summed E-state index contributed by atoms with van der Waals surface area (Å²) in [5, 5.41) is 0.00171. The molecule has 0 aliphatic rings. The van der Waals surface area contributed by atoms with Crippen molar-refractivity contribution >= 4 is 28.9 Å². The van der Waals surface area contributed by atoms with Crippen LogP contribution < -0.4 is 0 Å². The molecule has 1 heterocycles. The summed E-state index contributed by atoms with van der Waals surface area (Å²) < 4.78 is 14.6. The molecule has 0 aliphatic heterocycles. The lowest BCUT2D eigenvalue weighted by molar-refractivity contribution is -0.108. The van der Waals surface area contributed by atoms with Crippen molar-refractivity contribution in [2.75, 3.05) is 0 Å². The molecule has 0 atom stereocenters. The minimum Gasteiger partial charge on any atom is -0.322 e. The molecular formula is C9H6ClFN2O. The van der Waals surface area contributed by atoms with Gasteiger partial charge in [-0.05, 0) is 12.1 Å². The number of fused-ring (bicyclic) bond motifs is 1. The van der Waals surface area contributed by atoms with Crippen LogP contribution in [0.3, 0.4) is 0 Å². The summed E-state index contributed by atoms with van der Waals surface area (Å²) in [6.07, 6.45) is 2.17. The van der Waals surface area contributed by atoms with Gasteiger partial charge in [-0.15, -0.1) is 0 Å². The molecule has 0 spiro atoms. The summed E-state index contributed by atoms with van der Waals surface area (Å²) in [6, 6.07) is 2.78. The second-order valence-electron chi connectivity index (χ2n) is 2.79. The van der Waals surface area contributed by atoms with E-state index in [9.17, 15) is 9.18 Å². The van der Waals surface area contributed by atoms with Crippen molar-refractivity contribution in [2.24, 2.45) is 0 Å². The first kappa shape index (κ1) is 9.15. The van der Waals surface area contributed by atoms with Crippen molar-refractivity contribution in [3.05, 3.63) is 29.3 Å². The predicted octanol–water partition coefficient (Wildman–Crippen LogP) is 2.03. The molecule has 0 saturated carbocycles. The van der Waals surface area contributed by atoms with Crippen LogP contribution in [-0.2, 0) is 11.3 Å². The van der Waals surface area contributed by atoms with Gasteiger partial charge in [-0.25, -0.2) is 9.37 Å². The number of carbonyl (C=O) groups is 1. The highest BCUT2D eigenvalue weighted by molar-refractivity contribution is 6.35. The average Bonchev–Trinajstić information content (AvgIpc) is 2.57. The van der Waals surface area contributed by atoms with Gasteiger partial charge in [0.25, 0.3) is 0 Å². The summed E-state index contributed by atoms with van der Waals surface area (Å²) in [6.45, 7) is 0.125. The van der Waals surface area contributed by atoms with Crippen LogP contribution >= 0.6 is 11.6 Å². The highest BCUT2D eigenvalue weighted by Gasteiger charge is 2.10. The van der Waals surface area contributed by atoms with E-state index < -0.39 is 5.82 Å². The largest absolute Gasteiger partial charge is 0.322 e. The Balaban J connectivity index is 2.75. The smallest absolute Gasteiger partial charge is 0.144 e. The minimum absolute atomic E-state index is 0.00171. The number of aromatic nitrogens is 2. The van der Waals surface area contributed by atoms with Crippen molar-refractivity contribution in [3.8, 4) is 0 Å². The monoisotopic (exact) mass is 212 g/mol. The second-order valence-corrected chi connectivity index (χ2v) is 3.17. The summed E-state index contributed by atoms with van der Waals surface area (Å²) in [4.78, 5) is 14.3. The van der Waals surface area contributed by atoms with Crippen LogP contribution in [0.1, 0.15) is 0 Å². The quantitative estimate of drug-likeness (QED) is 0.714. The van der Waals surface area contributed by atoms with Crippen LogP contribution in [0.4, 0.5) is 4.39 Å². The van der Waals surface area contributed by atoms with Gasteiger partial charge in [-0.3, -0.25) is 0 Å². The summed E-state index contributed by atoms with van der Waals surface area (Å²) >= 11 is 5.76. The molecule has 2 rings (SSSR count). The number of benzene rings is 1. The minimum atomic E-state index is -0.508. The van der Waals surface area contributed by atoms with E-state index >= 15 is 0 Å². The van der Waals surface area contributed by atoms with Gasteiger partial charge in [-0.2, -0.15) is 0 Å². The molecule has 0 fully saturated rings. The number of imidazole rings is 1. The third-order valence-corrected chi connectivity index (χ3v) is 2.30. The number of hydrogen-bond donors (Lipinski definition) is 0. The topological polar surface area (TPSA) is 34.9 Å². The third-order valence-electron chi connectivity index (χ3n) is 1.94. The number of aldehydes is 1. The summed E-state index contributed by atoms with van der Waals surface area (Å²) in [5.74, 6) is -0.508. The van der Waals surface area contributed by atoms with E-state index in [-0.39, 0.29) is 11.6 Å². The fourth-order valence-corrected chi connectivity index (χ4v) is 1.58. The maximum Gasteiger partial charge on any atom is 0.144 e. The normalized spacial score (nSPS) is 10.7. The third kappa shape index (κ3) is 1.28. The van der Waals surface area contributed by atoms with Crippen molar-refractivity contribution in [2.45, 2.75) is 6.54 Å². The van der Waals surface area contributed by atoms with Crippen LogP contribution in [0.5, 0.6) is 0 Å². The zero-order valence-electron chi connectivity index (χ0n) is 7.08. The van der Waals surface area contributed by atoms with Crippen molar-refractivity contribution in [3.63, 3.8) is 0 Å². The summed E-state index contributed by atoms with van der Waals surface area (Å²) in [7, 11) is 0. The van der Waals surface area contributed by atoms with Gasteiger partial charge in [0.1, 0.15) is 17.1 Å². The van der Waals surface area contributed by atoms with E-state index in [1.165, 1.54) is 23.0 Å². The fourth-order valence-electron chi connectivity index (χ4n) is 1.32. The summed E-state index contributed by atoms with van der Waals surface area (Å²) in [5.41, 5.74) is 1.04. The molecular weight excluding hydrogens is 207 g/mol. The Hall–Kier alpha value is -1.42. The molecule has 3 nitrogen and oxygen atoms in total. The molecule has 0 aliphatic carbocycles. The molecule has 0 unspecified atom stereocenters. The van der Waals surface area contributed by atoms with Crippen LogP contribution in [0.25, 0.3) is 11.0 Å². The molecule has 2 aromatic rings. The zero-order chi connectivity index (χ0) is 10.1. The van der Waals surface area contributed by atoms with Crippen LogP contribution in [-0.4, -0.2) is 15.8 Å². The number of nitrogens with zero attached hydrogens (tertiary/aromatic N) is 2. The Labute approximate surface area is 84.1 Å². The Kier molecular flexibility index (Phi) is 2.21. The van der Waals surface area contributed by atoms with Crippen LogP contribution in [0.2, 0.25) is 5.02 Å². The van der Waals surface area contributed by atoms with Gasteiger partial charge in [0.05, 0.1) is 23.9 Å². The van der Waals surface area contributed by atoms with Gasteiger partial charge in [-0.1, -0.05) is 11.6 Å². The predicted molar refractivity (Wildman–Crippen MR) is 50.8 cm³/mol. The number of carbonyl (C=O) groups excluding carboxylic acids is 1. The van der Waals surface area contributed by atoms with Crippen LogP contribution in [0.15, 0.2) is 18.5 Å². The molecule has 0 saturated heterocycles. The number of hydrogen-bond acceptors (Lipinski definition) is 2. The van der Waals surface area contributed by atoms with E-state index in [0.717, 1.165) is 0 Å². The molecule has 0 bridgehead atoms. The molecule has 14 heavy (non-hydrogen) atoms. The van der Waals surface area contributed by atoms with Crippen LogP contribution in [0, 0.1) is 5.82 Å². The second kappa shape index (κ2) is 3.38. The molecule has 0 N–H and O–H groups in total. The van der Waals surface area contributed by atoms with E-state index in [2.05, 4.69) is 4.98 Å². The lowest BCUT2D eigenvalue weighted by Crippen LogP contribution is -1.97. The first-order valence-corrected chi connectivity index (χ1v) is 4.34. The molecule has 1 aromatic heterocycles. The SMILES string of the molecule is O=CCn1cnc2ccc(F)c(Cl)c21. The van der Waals surface area contributed by atoms with Crippen molar-refractivity contribution in [1.29, 1.82) is 0 Å². The maximum absolute atomic E-state index is 13.1. The Morgan fingerprint density at radius 2 is 2.36 bits per heavy atom. The van der Waals surface area contributed by atoms with E-state index in [0.29, 0.717) is 17.3 Å². The molecule has 5 heteroatoms.